The summed E-state index contributed by atoms with van der Waals surface area (Å²) in [6.45, 7) is 3.58. The number of carbonyl (C=O) groups is 1. The van der Waals surface area contributed by atoms with Gasteiger partial charge in [-0.1, -0.05) is 12.1 Å². The Bertz CT molecular complexity index is 370. The topological polar surface area (TPSA) is 57.0 Å². The Labute approximate surface area is 101 Å². The number of carbonyl (C=O) groups excluding carboxylic acids is 1. The van der Waals surface area contributed by atoms with Crippen molar-refractivity contribution in [3.8, 4) is 0 Å². The molecule has 1 aliphatic rings. The summed E-state index contributed by atoms with van der Waals surface area (Å²) >= 11 is 0. The third-order valence-corrected chi connectivity index (χ3v) is 3.03. The van der Waals surface area contributed by atoms with Gasteiger partial charge in [-0.15, -0.1) is 5.10 Å². The molecule has 0 bridgehead atoms. The van der Waals surface area contributed by atoms with Crippen molar-refractivity contribution in [2.45, 2.75) is 51.7 Å². The fourth-order valence-electron chi connectivity index (χ4n) is 2.13. The van der Waals surface area contributed by atoms with Crippen LogP contribution in [0.2, 0.25) is 0 Å². The summed E-state index contributed by atoms with van der Waals surface area (Å²) in [5.41, 5.74) is 0.612. The average Bonchev–Trinajstić information content (AvgIpc) is 2.79. The Morgan fingerprint density at radius 3 is 3.18 bits per heavy atom. The lowest BCUT2D eigenvalue weighted by atomic mass is 10.0. The van der Waals surface area contributed by atoms with Crippen LogP contribution >= 0.6 is 0 Å². The van der Waals surface area contributed by atoms with Gasteiger partial charge in [0.05, 0.1) is 12.3 Å². The van der Waals surface area contributed by atoms with Gasteiger partial charge in [0.2, 0.25) is 0 Å². The fourth-order valence-corrected chi connectivity index (χ4v) is 2.13. The number of rotatable bonds is 5. The summed E-state index contributed by atoms with van der Waals surface area (Å²) in [5, 5.41) is 7.73. The molecule has 2 rings (SSSR count). The minimum atomic E-state index is 0.0845. The first-order valence-corrected chi connectivity index (χ1v) is 6.34. The molecule has 0 saturated carbocycles. The van der Waals surface area contributed by atoms with Crippen LogP contribution in [0.4, 0.5) is 0 Å². The van der Waals surface area contributed by atoms with E-state index in [0.29, 0.717) is 12.1 Å². The lowest BCUT2D eigenvalue weighted by Crippen LogP contribution is -2.23. The molecule has 1 fully saturated rings. The number of aromatic nitrogens is 3. The van der Waals surface area contributed by atoms with Gasteiger partial charge in [0.1, 0.15) is 5.69 Å². The quantitative estimate of drug-likeness (QED) is 0.733. The molecule has 1 saturated heterocycles. The molecule has 94 valence electrons. The van der Waals surface area contributed by atoms with Crippen molar-refractivity contribution >= 4 is 5.78 Å². The molecule has 17 heavy (non-hydrogen) atoms. The van der Waals surface area contributed by atoms with E-state index in [1.165, 1.54) is 0 Å². The molecule has 0 radical (unpaired) electrons. The van der Waals surface area contributed by atoms with Gasteiger partial charge in [-0.2, -0.15) is 0 Å². The number of Topliss-reactive ketones (excluding diaryl/α,β-unsaturated/α-hetero) is 1. The number of nitrogens with zero attached hydrogens (tertiary/aromatic N) is 3. The number of aryl methyl sites for hydroxylation is 1. The highest BCUT2D eigenvalue weighted by atomic mass is 16.5. The van der Waals surface area contributed by atoms with Crippen LogP contribution in [-0.4, -0.2) is 33.5 Å². The molecular weight excluding hydrogens is 218 g/mol. The summed E-state index contributed by atoms with van der Waals surface area (Å²) in [6, 6.07) is 0. The Morgan fingerprint density at radius 1 is 1.59 bits per heavy atom. The van der Waals surface area contributed by atoms with Crippen LogP contribution in [0.5, 0.6) is 0 Å². The van der Waals surface area contributed by atoms with E-state index in [1.807, 2.05) is 0 Å². The SMILES string of the molecule is CCCn1nncc1C(=O)CC1CCCCO1. The molecule has 0 amide bonds. The van der Waals surface area contributed by atoms with Crippen molar-refractivity contribution in [3.05, 3.63) is 11.9 Å². The van der Waals surface area contributed by atoms with Crippen molar-refractivity contribution < 1.29 is 9.53 Å². The van der Waals surface area contributed by atoms with Crippen LogP contribution in [-0.2, 0) is 11.3 Å². The molecule has 0 aliphatic carbocycles. The van der Waals surface area contributed by atoms with E-state index in [-0.39, 0.29) is 11.9 Å². The summed E-state index contributed by atoms with van der Waals surface area (Å²) in [5.74, 6) is 0.0929. The standard InChI is InChI=1S/C12H19N3O2/c1-2-6-15-11(9-13-14-15)12(16)8-10-5-3-4-7-17-10/h9-10H,2-8H2,1H3. The average molecular weight is 237 g/mol. The number of ketones is 1. The summed E-state index contributed by atoms with van der Waals surface area (Å²) in [4.78, 5) is 12.1. The lowest BCUT2D eigenvalue weighted by molar-refractivity contribution is 0.0127. The zero-order valence-electron chi connectivity index (χ0n) is 10.3. The Kier molecular flexibility index (Phi) is 4.25. The zero-order chi connectivity index (χ0) is 12.1. The minimum absolute atomic E-state index is 0.0845. The highest BCUT2D eigenvalue weighted by Gasteiger charge is 2.21. The molecule has 5 nitrogen and oxygen atoms in total. The Hall–Kier alpha value is -1.23. The van der Waals surface area contributed by atoms with Crippen molar-refractivity contribution in [2.24, 2.45) is 0 Å². The Morgan fingerprint density at radius 2 is 2.47 bits per heavy atom. The third kappa shape index (κ3) is 3.12. The van der Waals surface area contributed by atoms with Crippen LogP contribution in [0, 0.1) is 0 Å². The van der Waals surface area contributed by atoms with E-state index >= 15 is 0 Å². The van der Waals surface area contributed by atoms with E-state index < -0.39 is 0 Å². The van der Waals surface area contributed by atoms with E-state index in [1.54, 1.807) is 10.9 Å². The molecule has 0 aromatic carbocycles. The molecule has 2 heterocycles. The van der Waals surface area contributed by atoms with Gasteiger partial charge in [-0.25, -0.2) is 4.68 Å². The maximum absolute atomic E-state index is 12.1. The van der Waals surface area contributed by atoms with Gasteiger partial charge in [0.15, 0.2) is 5.78 Å². The highest BCUT2D eigenvalue weighted by Crippen LogP contribution is 2.17. The van der Waals surface area contributed by atoms with Crippen molar-refractivity contribution in [1.82, 2.24) is 15.0 Å². The van der Waals surface area contributed by atoms with Crippen LogP contribution in [0.25, 0.3) is 0 Å². The second-order valence-electron chi connectivity index (χ2n) is 4.46. The number of hydrogen-bond donors (Lipinski definition) is 0. The largest absolute Gasteiger partial charge is 0.378 e. The van der Waals surface area contributed by atoms with Crippen molar-refractivity contribution in [3.63, 3.8) is 0 Å². The lowest BCUT2D eigenvalue weighted by Gasteiger charge is -2.21. The van der Waals surface area contributed by atoms with Gasteiger partial charge < -0.3 is 4.74 Å². The molecular formula is C12H19N3O2. The summed E-state index contributed by atoms with van der Waals surface area (Å²) < 4.78 is 7.26. The van der Waals surface area contributed by atoms with E-state index in [0.717, 1.165) is 38.8 Å². The number of ether oxygens (including phenoxy) is 1. The maximum Gasteiger partial charge on any atom is 0.185 e. The molecule has 0 spiro atoms. The first-order chi connectivity index (χ1) is 8.31. The summed E-state index contributed by atoms with van der Waals surface area (Å²) in [7, 11) is 0. The van der Waals surface area contributed by atoms with E-state index in [9.17, 15) is 4.79 Å². The normalized spacial score (nSPS) is 20.4. The first-order valence-electron chi connectivity index (χ1n) is 6.34. The minimum Gasteiger partial charge on any atom is -0.378 e. The monoisotopic (exact) mass is 237 g/mol. The van der Waals surface area contributed by atoms with Crippen molar-refractivity contribution in [1.29, 1.82) is 0 Å². The van der Waals surface area contributed by atoms with Crippen molar-refractivity contribution in [2.75, 3.05) is 6.61 Å². The first kappa shape index (κ1) is 12.2. The molecule has 5 heteroatoms. The predicted molar refractivity (Wildman–Crippen MR) is 62.9 cm³/mol. The maximum atomic E-state index is 12.1. The zero-order valence-corrected chi connectivity index (χ0v) is 10.3. The molecule has 1 atom stereocenters. The van der Waals surface area contributed by atoms with Crippen LogP contribution in [0.3, 0.4) is 0 Å². The van der Waals surface area contributed by atoms with Crippen LogP contribution in [0.15, 0.2) is 6.20 Å². The Balaban J connectivity index is 1.96. The predicted octanol–water partition coefficient (Wildman–Crippen LogP) is 1.83. The second kappa shape index (κ2) is 5.91. The molecule has 1 unspecified atom stereocenters. The summed E-state index contributed by atoms with van der Waals surface area (Å²) in [6.07, 6.45) is 6.30. The van der Waals surface area contributed by atoms with Gasteiger partial charge in [0.25, 0.3) is 0 Å². The number of hydrogen-bond acceptors (Lipinski definition) is 4. The van der Waals surface area contributed by atoms with E-state index in [2.05, 4.69) is 17.2 Å². The van der Waals surface area contributed by atoms with Gasteiger partial charge in [0, 0.05) is 19.6 Å². The molecule has 1 aromatic heterocycles. The smallest absolute Gasteiger partial charge is 0.185 e. The van der Waals surface area contributed by atoms with E-state index in [4.69, 9.17) is 4.74 Å². The molecule has 1 aromatic rings. The molecule has 0 N–H and O–H groups in total. The van der Waals surface area contributed by atoms with Gasteiger partial charge in [-0.05, 0) is 25.7 Å². The van der Waals surface area contributed by atoms with Crippen LogP contribution in [0.1, 0.15) is 49.5 Å². The highest BCUT2D eigenvalue weighted by molar-refractivity contribution is 5.94. The third-order valence-electron chi connectivity index (χ3n) is 3.03. The molecule has 1 aliphatic heterocycles. The van der Waals surface area contributed by atoms with Crippen LogP contribution < -0.4 is 0 Å². The second-order valence-corrected chi connectivity index (χ2v) is 4.46. The fraction of sp³-hybridized carbons (Fsp3) is 0.750. The van der Waals surface area contributed by atoms with Gasteiger partial charge in [-0.3, -0.25) is 4.79 Å². The van der Waals surface area contributed by atoms with Gasteiger partial charge >= 0.3 is 0 Å².